The molecule has 1 N–H and O–H groups in total. The highest BCUT2D eigenvalue weighted by atomic mass is 32.1. The lowest BCUT2D eigenvalue weighted by molar-refractivity contribution is -0.137. The van der Waals surface area contributed by atoms with Crippen LogP contribution in [0.25, 0.3) is 26.0 Å². The lowest BCUT2D eigenvalue weighted by Crippen LogP contribution is -2.45. The molecule has 0 radical (unpaired) electrons. The first kappa shape index (κ1) is 36.2. The summed E-state index contributed by atoms with van der Waals surface area (Å²) in [6.45, 7) is 1.45. The van der Waals surface area contributed by atoms with Gasteiger partial charge in [-0.2, -0.15) is 0 Å². The molecule has 13 heteroatoms. The van der Waals surface area contributed by atoms with Crippen LogP contribution in [-0.2, 0) is 9.59 Å². The predicted octanol–water partition coefficient (Wildman–Crippen LogP) is 7.10. The maximum atomic E-state index is 13.9. The van der Waals surface area contributed by atoms with E-state index in [2.05, 4.69) is 4.98 Å². The van der Waals surface area contributed by atoms with E-state index in [0.29, 0.717) is 13.0 Å². The number of thiazole rings is 2. The molecular formula is C41H45N9O2S2. The number of amides is 2. The lowest BCUT2D eigenvalue weighted by atomic mass is 10.0. The summed E-state index contributed by atoms with van der Waals surface area (Å²) >= 11 is 3.23. The van der Waals surface area contributed by atoms with Gasteiger partial charge in [-0.3, -0.25) is 24.4 Å². The van der Waals surface area contributed by atoms with Crippen molar-refractivity contribution in [3.05, 3.63) is 107 Å². The van der Waals surface area contributed by atoms with Crippen molar-refractivity contribution in [1.29, 1.82) is 0 Å². The van der Waals surface area contributed by atoms with Gasteiger partial charge in [0.05, 0.1) is 33.7 Å². The second-order valence-electron chi connectivity index (χ2n) is 14.6. The van der Waals surface area contributed by atoms with Gasteiger partial charge in [-0.25, -0.2) is 15.0 Å². The Morgan fingerprint density at radius 1 is 0.722 bits per heavy atom. The molecule has 8 rings (SSSR count). The van der Waals surface area contributed by atoms with Crippen LogP contribution >= 0.6 is 22.7 Å². The Bertz CT molecular complexity index is 2170. The van der Waals surface area contributed by atoms with Gasteiger partial charge in [0, 0.05) is 49.4 Å². The number of hydrogen-bond acceptors (Lipinski definition) is 10. The molecule has 2 fully saturated rings. The van der Waals surface area contributed by atoms with Gasteiger partial charge in [-0.05, 0) is 65.0 Å². The lowest BCUT2D eigenvalue weighted by Gasteiger charge is -2.32. The fourth-order valence-electron chi connectivity index (χ4n) is 8.05. The highest BCUT2D eigenvalue weighted by Gasteiger charge is 2.39. The molecule has 54 heavy (non-hydrogen) atoms. The standard InChI is InChI=1S/C41H45N9O2S2/c1-47(2)35(26-13-7-5-8-14-26)40(51)49-19-11-17-31(49)29-21-28(22-42-29)38-44-24-33(53-38)34-25-45-39(54-34)30-23-43-37(46-30)32-18-12-20-50(32)41(52)36(48(3)4)27-15-9-6-10-16-27/h5-10,13-16,22-25,31-32,35-36H,11-12,17-21H2,1-4H3,(H,43,46)/t31-,32-,35+,36?/m0/s1. The fraction of sp³-hybridized carbons (Fsp3) is 0.366. The number of aromatic nitrogens is 4. The van der Waals surface area contributed by atoms with Crippen molar-refractivity contribution in [2.45, 2.75) is 56.3 Å². The number of aliphatic imine (C=N–C) groups is 1. The molecule has 2 amide bonds. The molecule has 11 nitrogen and oxygen atoms in total. The zero-order valence-corrected chi connectivity index (χ0v) is 32.7. The van der Waals surface area contributed by atoms with Crippen molar-refractivity contribution in [2.24, 2.45) is 4.99 Å². The smallest absolute Gasteiger partial charge is 0.245 e. The van der Waals surface area contributed by atoms with Crippen molar-refractivity contribution >= 4 is 45.8 Å². The maximum Gasteiger partial charge on any atom is 0.245 e. The van der Waals surface area contributed by atoms with E-state index in [4.69, 9.17) is 19.9 Å². The Kier molecular flexibility index (Phi) is 10.4. The molecule has 6 heterocycles. The van der Waals surface area contributed by atoms with Crippen molar-refractivity contribution in [3.63, 3.8) is 0 Å². The van der Waals surface area contributed by atoms with Gasteiger partial charge >= 0.3 is 0 Å². The van der Waals surface area contributed by atoms with Crippen LogP contribution in [-0.4, -0.2) is 104 Å². The van der Waals surface area contributed by atoms with E-state index in [1.54, 1.807) is 22.7 Å². The Labute approximate surface area is 324 Å². The monoisotopic (exact) mass is 759 g/mol. The van der Waals surface area contributed by atoms with Crippen molar-refractivity contribution in [1.82, 2.24) is 39.5 Å². The van der Waals surface area contributed by atoms with Crippen LogP contribution in [0.1, 0.15) is 72.2 Å². The number of nitrogens with zero attached hydrogens (tertiary/aromatic N) is 8. The Hall–Kier alpha value is -4.82. The van der Waals surface area contributed by atoms with Crippen LogP contribution in [0.3, 0.4) is 0 Å². The molecule has 0 bridgehead atoms. The van der Waals surface area contributed by atoms with Gasteiger partial charge in [0.25, 0.3) is 0 Å². The molecule has 0 aliphatic carbocycles. The molecule has 0 spiro atoms. The predicted molar refractivity (Wildman–Crippen MR) is 215 cm³/mol. The molecule has 3 aliphatic heterocycles. The quantitative estimate of drug-likeness (QED) is 0.153. The van der Waals surface area contributed by atoms with E-state index in [-0.39, 0.29) is 36.0 Å². The Balaban J connectivity index is 0.923. The van der Waals surface area contributed by atoms with Gasteiger partial charge in [0.2, 0.25) is 11.8 Å². The Morgan fingerprint density at radius 2 is 1.26 bits per heavy atom. The summed E-state index contributed by atoms with van der Waals surface area (Å²) in [7, 11) is 7.84. The summed E-state index contributed by atoms with van der Waals surface area (Å²) in [6.07, 6.45) is 11.9. The molecule has 0 saturated carbocycles. The van der Waals surface area contributed by atoms with Crippen molar-refractivity contribution < 1.29 is 9.59 Å². The summed E-state index contributed by atoms with van der Waals surface area (Å²) in [5.74, 6) is 1.01. The highest BCUT2D eigenvalue weighted by Crippen LogP contribution is 2.40. The molecule has 3 aliphatic rings. The normalized spacial score (nSPS) is 19.8. The summed E-state index contributed by atoms with van der Waals surface area (Å²) in [6, 6.07) is 19.2. The van der Waals surface area contributed by atoms with E-state index in [1.165, 1.54) is 0 Å². The van der Waals surface area contributed by atoms with Crippen LogP contribution in [0.4, 0.5) is 0 Å². The number of likely N-dealkylation sites (N-methyl/N-ethyl adjacent to an activating group) is 2. The van der Waals surface area contributed by atoms with E-state index < -0.39 is 0 Å². The van der Waals surface area contributed by atoms with Crippen LogP contribution in [0.2, 0.25) is 0 Å². The summed E-state index contributed by atoms with van der Waals surface area (Å²) in [5.41, 5.74) is 4.95. The average molecular weight is 760 g/mol. The maximum absolute atomic E-state index is 13.9. The van der Waals surface area contributed by atoms with Gasteiger partial charge in [-0.1, -0.05) is 60.7 Å². The number of benzene rings is 2. The number of carbonyl (C=O) groups is 2. The average Bonchev–Trinajstić information content (AvgIpc) is 4.02. The number of rotatable bonds is 11. The van der Waals surface area contributed by atoms with Crippen LogP contribution in [0.5, 0.6) is 0 Å². The summed E-state index contributed by atoms with van der Waals surface area (Å²) < 4.78 is 0. The van der Waals surface area contributed by atoms with E-state index in [0.717, 1.165) is 85.9 Å². The fourth-order valence-corrected chi connectivity index (χ4v) is 9.91. The topological polar surface area (TPSA) is 114 Å². The molecule has 4 atom stereocenters. The number of carbonyl (C=O) groups excluding carboxylic acids is 2. The summed E-state index contributed by atoms with van der Waals surface area (Å²) in [5, 5.41) is 1.78. The van der Waals surface area contributed by atoms with E-state index in [9.17, 15) is 9.59 Å². The molecule has 1 unspecified atom stereocenters. The first-order chi connectivity index (χ1) is 26.3. The Morgan fingerprint density at radius 3 is 1.85 bits per heavy atom. The zero-order valence-electron chi connectivity index (χ0n) is 31.1. The number of nitrogens with one attached hydrogen (secondary N) is 1. The summed E-state index contributed by atoms with van der Waals surface area (Å²) in [4.78, 5) is 60.6. The van der Waals surface area contributed by atoms with Crippen molar-refractivity contribution in [2.75, 3.05) is 41.3 Å². The van der Waals surface area contributed by atoms with Gasteiger partial charge < -0.3 is 14.8 Å². The molecule has 278 valence electrons. The van der Waals surface area contributed by atoms with Gasteiger partial charge in [0.1, 0.15) is 27.9 Å². The van der Waals surface area contributed by atoms with Crippen LogP contribution in [0.15, 0.2) is 90.4 Å². The number of aromatic amines is 1. The second-order valence-corrected chi connectivity index (χ2v) is 16.7. The zero-order chi connectivity index (χ0) is 37.3. The van der Waals surface area contributed by atoms with E-state index in [1.807, 2.05) is 133 Å². The number of H-pyrrole nitrogens is 1. The number of imidazole rings is 1. The molecule has 2 saturated heterocycles. The minimum atomic E-state index is -0.354. The SMILES string of the molecule is CN(C)C(C(=O)N1CCC[C@H]1c1ncc(-c2ncc(-c3cnc(C4=CN=C([C@@H]5CCCN5C(=O)[C@@H](c5ccccc5)N(C)C)C4)s3)s2)[nH]1)c1ccccc1. The first-order valence-electron chi connectivity index (χ1n) is 18.5. The highest BCUT2D eigenvalue weighted by molar-refractivity contribution is 7.23. The molecule has 2 aromatic carbocycles. The third-order valence-electron chi connectivity index (χ3n) is 10.6. The largest absolute Gasteiger partial charge is 0.338 e. The van der Waals surface area contributed by atoms with Crippen LogP contribution in [0, 0.1) is 0 Å². The third kappa shape index (κ3) is 7.08. The van der Waals surface area contributed by atoms with E-state index >= 15 is 0 Å². The minimum Gasteiger partial charge on any atom is -0.338 e. The van der Waals surface area contributed by atoms with Gasteiger partial charge in [-0.15, -0.1) is 22.7 Å². The van der Waals surface area contributed by atoms with Crippen molar-refractivity contribution in [3.8, 4) is 20.5 Å². The molecular weight excluding hydrogens is 715 g/mol. The van der Waals surface area contributed by atoms with Crippen LogP contribution < -0.4 is 0 Å². The molecule has 3 aromatic heterocycles. The third-order valence-corrected chi connectivity index (χ3v) is 12.9. The molecule has 5 aromatic rings. The first-order valence-corrected chi connectivity index (χ1v) is 20.2. The number of hydrogen-bond donors (Lipinski definition) is 1. The second kappa shape index (κ2) is 15.5. The number of allylic oxidation sites excluding steroid dienone is 1. The number of likely N-dealkylation sites (tertiary alicyclic amines) is 2. The van der Waals surface area contributed by atoms with Gasteiger partial charge in [0.15, 0.2) is 0 Å². The minimum absolute atomic E-state index is 0.00657.